The van der Waals surface area contributed by atoms with Crippen LogP contribution in [0.25, 0.3) is 0 Å². The zero-order chi connectivity index (χ0) is 20.6. The highest BCUT2D eigenvalue weighted by molar-refractivity contribution is 5.79. The fourth-order valence-electron chi connectivity index (χ4n) is 8.87. The largest absolute Gasteiger partial charge is 0.339 e. The van der Waals surface area contributed by atoms with E-state index < -0.39 is 0 Å². The highest BCUT2D eigenvalue weighted by Gasteiger charge is 2.51. The van der Waals surface area contributed by atoms with Gasteiger partial charge in [-0.2, -0.15) is 0 Å². The van der Waals surface area contributed by atoms with Crippen molar-refractivity contribution in [2.75, 3.05) is 6.54 Å². The summed E-state index contributed by atoms with van der Waals surface area (Å²) < 4.78 is 0. The van der Waals surface area contributed by atoms with Crippen LogP contribution in [0.2, 0.25) is 0 Å². The molecule has 30 heavy (non-hydrogen) atoms. The second kappa shape index (κ2) is 8.94. The van der Waals surface area contributed by atoms with Gasteiger partial charge in [-0.1, -0.05) is 19.3 Å². The smallest absolute Gasteiger partial charge is 0.222 e. The summed E-state index contributed by atoms with van der Waals surface area (Å²) >= 11 is 0. The molecule has 3 nitrogen and oxygen atoms in total. The summed E-state index contributed by atoms with van der Waals surface area (Å²) in [7, 11) is 0. The lowest BCUT2D eigenvalue weighted by atomic mass is 9.48. The van der Waals surface area contributed by atoms with Crippen LogP contribution < -0.4 is 0 Å². The SMILES string of the molecule is O=C(CCCCCC(=O)N1CCCC2CCCCC21)CC12CC3CC(CC(C3)C1)C2. The van der Waals surface area contributed by atoms with Crippen molar-refractivity contribution in [2.45, 2.75) is 122 Å². The van der Waals surface area contributed by atoms with Crippen LogP contribution in [0.5, 0.6) is 0 Å². The molecular weight excluding hydrogens is 370 g/mol. The van der Waals surface area contributed by atoms with Gasteiger partial charge in [0.2, 0.25) is 5.91 Å². The summed E-state index contributed by atoms with van der Waals surface area (Å²) in [6, 6.07) is 0.543. The van der Waals surface area contributed by atoms with Gasteiger partial charge in [-0.3, -0.25) is 9.59 Å². The minimum Gasteiger partial charge on any atom is -0.339 e. The summed E-state index contributed by atoms with van der Waals surface area (Å²) in [5.74, 6) is 4.50. The standard InChI is InChI=1S/C27H43NO2/c29-24(19-27-16-20-13-21(17-27)15-22(14-20)18-27)9-2-1-3-11-26(30)28-12-6-8-23-7-4-5-10-25(23)28/h20-23,25H,1-19H2. The quantitative estimate of drug-likeness (QED) is 0.438. The lowest BCUT2D eigenvalue weighted by Gasteiger charge is -2.56. The molecule has 0 aromatic carbocycles. The van der Waals surface area contributed by atoms with Gasteiger partial charge in [0.25, 0.3) is 0 Å². The molecule has 1 amide bonds. The van der Waals surface area contributed by atoms with E-state index in [0.29, 0.717) is 29.6 Å². The first-order valence-corrected chi connectivity index (χ1v) is 13.4. The van der Waals surface area contributed by atoms with E-state index in [0.717, 1.165) is 62.3 Å². The molecule has 0 N–H and O–H groups in total. The Bertz CT molecular complexity index is 603. The van der Waals surface area contributed by atoms with Gasteiger partial charge in [0.1, 0.15) is 5.78 Å². The molecule has 0 spiro atoms. The molecule has 4 bridgehead atoms. The zero-order valence-electron chi connectivity index (χ0n) is 19.1. The van der Waals surface area contributed by atoms with E-state index in [4.69, 9.17) is 0 Å². The summed E-state index contributed by atoms with van der Waals surface area (Å²) in [5.41, 5.74) is 0.395. The third-order valence-electron chi connectivity index (χ3n) is 9.65. The number of hydrogen-bond acceptors (Lipinski definition) is 2. The maximum absolute atomic E-state index is 12.8. The molecule has 0 radical (unpaired) electrons. The molecular formula is C27H43NO2. The number of rotatable bonds is 8. The number of carbonyl (C=O) groups excluding carboxylic acids is 2. The average Bonchev–Trinajstić information content (AvgIpc) is 2.71. The Morgan fingerprint density at radius 1 is 0.767 bits per heavy atom. The van der Waals surface area contributed by atoms with Crippen molar-refractivity contribution in [1.82, 2.24) is 4.90 Å². The Labute approximate surface area is 183 Å². The minimum absolute atomic E-state index is 0.395. The number of nitrogens with zero attached hydrogens (tertiary/aromatic N) is 1. The van der Waals surface area contributed by atoms with Gasteiger partial charge < -0.3 is 4.90 Å². The van der Waals surface area contributed by atoms with Crippen molar-refractivity contribution in [3.63, 3.8) is 0 Å². The normalized spacial score (nSPS) is 39.7. The monoisotopic (exact) mass is 413 g/mol. The van der Waals surface area contributed by atoms with Crippen LogP contribution in [-0.2, 0) is 9.59 Å². The number of fused-ring (bicyclic) bond motifs is 1. The first kappa shape index (κ1) is 21.0. The third kappa shape index (κ3) is 4.51. The third-order valence-corrected chi connectivity index (χ3v) is 9.65. The van der Waals surface area contributed by atoms with Gasteiger partial charge in [-0.15, -0.1) is 0 Å². The van der Waals surface area contributed by atoms with Crippen molar-refractivity contribution >= 4 is 11.7 Å². The number of amides is 1. The van der Waals surface area contributed by atoms with E-state index in [9.17, 15) is 9.59 Å². The number of carbonyl (C=O) groups is 2. The molecule has 6 rings (SSSR count). The summed E-state index contributed by atoms with van der Waals surface area (Å²) in [6.45, 7) is 0.990. The minimum atomic E-state index is 0.395. The van der Waals surface area contributed by atoms with Gasteiger partial charge in [0.05, 0.1) is 0 Å². The summed E-state index contributed by atoms with van der Waals surface area (Å²) in [4.78, 5) is 27.8. The fraction of sp³-hybridized carbons (Fsp3) is 0.926. The Morgan fingerprint density at radius 3 is 2.13 bits per heavy atom. The Hall–Kier alpha value is -0.860. The van der Waals surface area contributed by atoms with Gasteiger partial charge in [0, 0.05) is 31.8 Å². The highest BCUT2D eigenvalue weighted by Crippen LogP contribution is 2.61. The molecule has 5 aliphatic carbocycles. The van der Waals surface area contributed by atoms with Crippen LogP contribution >= 0.6 is 0 Å². The predicted molar refractivity (Wildman–Crippen MR) is 120 cm³/mol. The molecule has 6 fully saturated rings. The maximum Gasteiger partial charge on any atom is 0.222 e. The van der Waals surface area contributed by atoms with Gasteiger partial charge in [-0.25, -0.2) is 0 Å². The maximum atomic E-state index is 12.8. The molecule has 1 heterocycles. The van der Waals surface area contributed by atoms with Gasteiger partial charge >= 0.3 is 0 Å². The van der Waals surface area contributed by atoms with Crippen LogP contribution in [0.4, 0.5) is 0 Å². The van der Waals surface area contributed by atoms with Crippen LogP contribution in [-0.4, -0.2) is 29.2 Å². The molecule has 168 valence electrons. The van der Waals surface area contributed by atoms with Crippen LogP contribution in [0.3, 0.4) is 0 Å². The van der Waals surface area contributed by atoms with Gasteiger partial charge in [0.15, 0.2) is 0 Å². The lowest BCUT2D eigenvalue weighted by molar-refractivity contribution is -0.137. The second-order valence-electron chi connectivity index (χ2n) is 12.0. The predicted octanol–water partition coefficient (Wildman–Crippen LogP) is 6.29. The van der Waals surface area contributed by atoms with Crippen molar-refractivity contribution in [3.05, 3.63) is 0 Å². The van der Waals surface area contributed by atoms with Crippen LogP contribution in [0.1, 0.15) is 116 Å². The first-order chi connectivity index (χ1) is 14.6. The van der Waals surface area contributed by atoms with E-state index in [1.54, 1.807) is 0 Å². The summed E-state index contributed by atoms with van der Waals surface area (Å²) in [6.07, 6.45) is 21.5. The van der Waals surface area contributed by atoms with E-state index in [-0.39, 0.29) is 0 Å². The van der Waals surface area contributed by atoms with Crippen molar-refractivity contribution in [2.24, 2.45) is 29.1 Å². The molecule has 3 heteroatoms. The van der Waals surface area contributed by atoms with Gasteiger partial charge in [-0.05, 0) is 106 Å². The van der Waals surface area contributed by atoms with E-state index in [1.807, 2.05) is 0 Å². The van der Waals surface area contributed by atoms with Crippen LogP contribution in [0, 0.1) is 29.1 Å². The zero-order valence-corrected chi connectivity index (χ0v) is 19.1. The molecule has 1 saturated heterocycles. The number of likely N-dealkylation sites (tertiary alicyclic amines) is 1. The second-order valence-corrected chi connectivity index (χ2v) is 12.0. The molecule has 0 aromatic heterocycles. The van der Waals surface area contributed by atoms with E-state index in [2.05, 4.69) is 4.90 Å². The molecule has 6 aliphatic rings. The molecule has 5 saturated carbocycles. The number of hydrogen-bond donors (Lipinski definition) is 0. The number of unbranched alkanes of at least 4 members (excludes halogenated alkanes) is 2. The first-order valence-electron chi connectivity index (χ1n) is 13.4. The Morgan fingerprint density at radius 2 is 1.40 bits per heavy atom. The fourth-order valence-corrected chi connectivity index (χ4v) is 8.87. The molecule has 2 atom stereocenters. The lowest BCUT2D eigenvalue weighted by Crippen LogP contribution is -2.49. The number of ketones is 1. The number of Topliss-reactive ketones (excluding diaryl/α,β-unsaturated/α-hetero) is 1. The molecule has 1 aliphatic heterocycles. The topological polar surface area (TPSA) is 37.4 Å². The van der Waals surface area contributed by atoms with Crippen molar-refractivity contribution < 1.29 is 9.59 Å². The van der Waals surface area contributed by atoms with Crippen molar-refractivity contribution in [3.8, 4) is 0 Å². The van der Waals surface area contributed by atoms with E-state index >= 15 is 0 Å². The summed E-state index contributed by atoms with van der Waals surface area (Å²) in [5, 5.41) is 0. The number of piperidine rings is 1. The van der Waals surface area contributed by atoms with E-state index in [1.165, 1.54) is 77.0 Å². The highest BCUT2D eigenvalue weighted by atomic mass is 16.2. The molecule has 2 unspecified atom stereocenters. The Kier molecular flexibility index (Phi) is 6.26. The Balaban J connectivity index is 1.00. The van der Waals surface area contributed by atoms with Crippen molar-refractivity contribution in [1.29, 1.82) is 0 Å². The van der Waals surface area contributed by atoms with Crippen LogP contribution in [0.15, 0.2) is 0 Å². The molecule has 0 aromatic rings. The average molecular weight is 414 g/mol.